The Bertz CT molecular complexity index is 659. The number of amides is 3. The summed E-state index contributed by atoms with van der Waals surface area (Å²) in [5.74, 6) is -1.15. The van der Waals surface area contributed by atoms with E-state index in [9.17, 15) is 14.4 Å². The average Bonchev–Trinajstić information content (AvgIpc) is 2.70. The van der Waals surface area contributed by atoms with Crippen molar-refractivity contribution in [1.29, 1.82) is 0 Å². The van der Waals surface area contributed by atoms with Gasteiger partial charge < -0.3 is 10.4 Å². The van der Waals surface area contributed by atoms with E-state index in [4.69, 9.17) is 5.11 Å². The number of urea groups is 1. The Labute approximate surface area is 165 Å². The normalized spacial score (nSPS) is 16.5. The number of benzene rings is 1. The fraction of sp³-hybridized carbons (Fsp3) is 0.550. The summed E-state index contributed by atoms with van der Waals surface area (Å²) in [5.41, 5.74) is 0.960. The molecule has 28 heavy (non-hydrogen) atoms. The molecule has 2 rings (SSSR count). The van der Waals surface area contributed by atoms with Gasteiger partial charge in [0.05, 0.1) is 12.6 Å². The number of aliphatic carboxylic acids is 1. The summed E-state index contributed by atoms with van der Waals surface area (Å²) in [6.07, 6.45) is 1.61. The minimum Gasteiger partial charge on any atom is -0.480 e. The Balaban J connectivity index is 1.75. The lowest BCUT2D eigenvalue weighted by Gasteiger charge is -2.39. The van der Waals surface area contributed by atoms with Gasteiger partial charge in [0.15, 0.2) is 0 Å². The fourth-order valence-corrected chi connectivity index (χ4v) is 3.52. The van der Waals surface area contributed by atoms with Crippen LogP contribution in [0.5, 0.6) is 0 Å². The lowest BCUT2D eigenvalue weighted by molar-refractivity contribution is -0.139. The molecular weight excluding hydrogens is 360 g/mol. The highest BCUT2D eigenvalue weighted by Gasteiger charge is 2.30. The molecule has 0 saturated carbocycles. The largest absolute Gasteiger partial charge is 0.480 e. The zero-order valence-corrected chi connectivity index (χ0v) is 16.6. The molecule has 0 radical (unpaired) electrons. The molecule has 1 aliphatic heterocycles. The zero-order chi connectivity index (χ0) is 20.5. The molecule has 1 unspecified atom stereocenters. The van der Waals surface area contributed by atoms with E-state index in [1.165, 1.54) is 0 Å². The Morgan fingerprint density at radius 3 is 2.43 bits per heavy atom. The van der Waals surface area contributed by atoms with Gasteiger partial charge in [0.25, 0.3) is 0 Å². The van der Waals surface area contributed by atoms with Gasteiger partial charge in [0.1, 0.15) is 0 Å². The zero-order valence-electron chi connectivity index (χ0n) is 16.6. The number of carboxylic acid groups (broad SMARTS) is 1. The van der Waals surface area contributed by atoms with Gasteiger partial charge in [-0.2, -0.15) is 0 Å². The molecule has 0 aromatic heterocycles. The van der Waals surface area contributed by atoms with Crippen LogP contribution < -0.4 is 10.6 Å². The van der Waals surface area contributed by atoms with Crippen molar-refractivity contribution in [2.75, 3.05) is 26.2 Å². The number of likely N-dealkylation sites (tertiary alicyclic amines) is 1. The van der Waals surface area contributed by atoms with Crippen LogP contribution >= 0.6 is 0 Å². The van der Waals surface area contributed by atoms with Crippen molar-refractivity contribution in [3.05, 3.63) is 35.9 Å². The number of piperidine rings is 1. The van der Waals surface area contributed by atoms with Crippen LogP contribution in [-0.2, 0) is 16.1 Å². The summed E-state index contributed by atoms with van der Waals surface area (Å²) in [4.78, 5) is 39.3. The van der Waals surface area contributed by atoms with Crippen LogP contribution in [0.25, 0.3) is 0 Å². The molecule has 1 heterocycles. The number of carbonyl (C=O) groups is 3. The van der Waals surface area contributed by atoms with Gasteiger partial charge in [0.2, 0.25) is 5.91 Å². The van der Waals surface area contributed by atoms with Crippen LogP contribution in [0.2, 0.25) is 0 Å². The first-order valence-electron chi connectivity index (χ1n) is 9.73. The van der Waals surface area contributed by atoms with E-state index in [1.807, 2.05) is 47.1 Å². The first kappa shape index (κ1) is 21.8. The maximum Gasteiger partial charge on any atom is 0.321 e. The predicted molar refractivity (Wildman–Crippen MR) is 106 cm³/mol. The number of carboxylic acids is 1. The number of rotatable bonds is 8. The quantitative estimate of drug-likeness (QED) is 0.618. The lowest BCUT2D eigenvalue weighted by Crippen LogP contribution is -2.54. The number of imide groups is 1. The van der Waals surface area contributed by atoms with Crippen molar-refractivity contribution >= 4 is 17.9 Å². The molecule has 1 atom stereocenters. The van der Waals surface area contributed by atoms with Crippen molar-refractivity contribution in [3.63, 3.8) is 0 Å². The van der Waals surface area contributed by atoms with Gasteiger partial charge in [-0.3, -0.25) is 24.7 Å². The number of hydrogen-bond acceptors (Lipinski definition) is 5. The van der Waals surface area contributed by atoms with Crippen LogP contribution in [0.1, 0.15) is 32.3 Å². The molecule has 0 aliphatic carbocycles. The fourth-order valence-electron chi connectivity index (χ4n) is 3.52. The molecular formula is C20H30N4O4. The molecule has 3 amide bonds. The van der Waals surface area contributed by atoms with Crippen LogP contribution in [0.15, 0.2) is 30.3 Å². The van der Waals surface area contributed by atoms with Gasteiger partial charge in [-0.05, 0) is 31.9 Å². The van der Waals surface area contributed by atoms with E-state index in [1.54, 1.807) is 6.92 Å². The van der Waals surface area contributed by atoms with Gasteiger partial charge in [-0.25, -0.2) is 4.79 Å². The smallest absolute Gasteiger partial charge is 0.321 e. The van der Waals surface area contributed by atoms with Gasteiger partial charge in [-0.15, -0.1) is 0 Å². The van der Waals surface area contributed by atoms with Crippen LogP contribution in [0.3, 0.4) is 0 Å². The number of hydrogen-bond donors (Lipinski definition) is 3. The molecule has 0 spiro atoms. The maximum atomic E-state index is 12.4. The second-order valence-corrected chi connectivity index (χ2v) is 7.06. The van der Waals surface area contributed by atoms with Gasteiger partial charge in [-0.1, -0.05) is 37.3 Å². The standard InChI is InChI=1S/C20H30N4O4/c1-3-23(14-18(25)26)17-9-11-24(12-10-17)15(2)19(27)22-20(28)21-13-16-7-5-4-6-8-16/h4-8,15,17H,3,9-14H2,1-2H3,(H,25,26)(H2,21,22,27,28). The second-order valence-electron chi connectivity index (χ2n) is 7.06. The molecule has 1 aromatic rings. The number of nitrogens with zero attached hydrogens (tertiary/aromatic N) is 2. The molecule has 3 N–H and O–H groups in total. The number of carbonyl (C=O) groups excluding carboxylic acids is 2. The highest BCUT2D eigenvalue weighted by atomic mass is 16.4. The summed E-state index contributed by atoms with van der Waals surface area (Å²) in [5, 5.41) is 14.1. The average molecular weight is 390 g/mol. The second kappa shape index (κ2) is 10.8. The molecule has 1 saturated heterocycles. The maximum absolute atomic E-state index is 12.4. The summed E-state index contributed by atoms with van der Waals surface area (Å²) in [6, 6.07) is 8.77. The summed E-state index contributed by atoms with van der Waals surface area (Å²) >= 11 is 0. The molecule has 1 aliphatic rings. The van der Waals surface area contributed by atoms with Crippen LogP contribution in [0, 0.1) is 0 Å². The third kappa shape index (κ3) is 6.61. The highest BCUT2D eigenvalue weighted by molar-refractivity contribution is 5.96. The van der Waals surface area contributed by atoms with Crippen molar-refractivity contribution in [1.82, 2.24) is 20.4 Å². The summed E-state index contributed by atoms with van der Waals surface area (Å²) in [7, 11) is 0. The number of likely N-dealkylation sites (N-methyl/N-ethyl adjacent to an activating group) is 1. The molecule has 8 nitrogen and oxygen atoms in total. The van der Waals surface area contributed by atoms with Gasteiger partial charge >= 0.3 is 12.0 Å². The summed E-state index contributed by atoms with van der Waals surface area (Å²) < 4.78 is 0. The van der Waals surface area contributed by atoms with Gasteiger partial charge in [0, 0.05) is 25.7 Å². The molecule has 0 bridgehead atoms. The first-order chi connectivity index (χ1) is 13.4. The summed E-state index contributed by atoms with van der Waals surface area (Å²) in [6.45, 7) is 6.22. The van der Waals surface area contributed by atoms with Crippen molar-refractivity contribution in [2.45, 2.75) is 45.3 Å². The van der Waals surface area contributed by atoms with E-state index in [0.717, 1.165) is 18.4 Å². The Morgan fingerprint density at radius 1 is 1.21 bits per heavy atom. The topological polar surface area (TPSA) is 102 Å². The number of nitrogens with one attached hydrogen (secondary N) is 2. The SMILES string of the molecule is CCN(CC(=O)O)C1CCN(C(C)C(=O)NC(=O)NCc2ccccc2)CC1. The van der Waals surface area contributed by atoms with Crippen LogP contribution in [0.4, 0.5) is 4.79 Å². The third-order valence-electron chi connectivity index (χ3n) is 5.22. The first-order valence-corrected chi connectivity index (χ1v) is 9.73. The van der Waals surface area contributed by atoms with Crippen molar-refractivity contribution < 1.29 is 19.5 Å². The minimum atomic E-state index is -0.821. The van der Waals surface area contributed by atoms with E-state index in [-0.39, 0.29) is 18.5 Å². The Hall–Kier alpha value is -2.45. The van der Waals surface area contributed by atoms with Crippen molar-refractivity contribution in [2.24, 2.45) is 0 Å². The molecule has 154 valence electrons. The molecule has 8 heteroatoms. The van der Waals surface area contributed by atoms with E-state index < -0.39 is 18.0 Å². The Kier molecular flexibility index (Phi) is 8.41. The lowest BCUT2D eigenvalue weighted by atomic mass is 10.0. The third-order valence-corrected chi connectivity index (χ3v) is 5.22. The van der Waals surface area contributed by atoms with Crippen molar-refractivity contribution in [3.8, 4) is 0 Å². The predicted octanol–water partition coefficient (Wildman–Crippen LogP) is 1.27. The molecule has 1 aromatic carbocycles. The van der Waals surface area contributed by atoms with E-state index in [2.05, 4.69) is 10.6 Å². The Morgan fingerprint density at radius 2 is 1.86 bits per heavy atom. The van der Waals surface area contributed by atoms with E-state index in [0.29, 0.717) is 26.2 Å². The molecule has 1 fully saturated rings. The monoisotopic (exact) mass is 390 g/mol. The highest BCUT2D eigenvalue weighted by Crippen LogP contribution is 2.18. The van der Waals surface area contributed by atoms with E-state index >= 15 is 0 Å². The van der Waals surface area contributed by atoms with Crippen LogP contribution in [-0.4, -0.2) is 71.1 Å². The minimum absolute atomic E-state index is 0.0405.